The second-order valence-corrected chi connectivity index (χ2v) is 9.85. The molecular formula is C23H21F3N2O5S. The third-order valence-electron chi connectivity index (χ3n) is 5.80. The standard InChI is InChI=1S/C23H21F3N2O5S/c24-23(25,26)17-5-7-18(8-6-17)34(31,32)27-14-15-9-11-28(12-10-15)22(30)21(29)20-13-16-3-1-2-4-19(16)33-20/h1-8,13,15,27H,9-12,14H2. The lowest BCUT2D eigenvalue weighted by Crippen LogP contribution is -2.44. The summed E-state index contributed by atoms with van der Waals surface area (Å²) in [6, 6.07) is 11.8. The van der Waals surface area contributed by atoms with E-state index in [-0.39, 0.29) is 36.2 Å². The molecule has 0 saturated carbocycles. The molecule has 1 N–H and O–H groups in total. The van der Waals surface area contributed by atoms with Crippen LogP contribution in [0.5, 0.6) is 0 Å². The van der Waals surface area contributed by atoms with Gasteiger partial charge in [-0.2, -0.15) is 13.2 Å². The third-order valence-corrected chi connectivity index (χ3v) is 7.24. The fraction of sp³-hybridized carbons (Fsp3) is 0.304. The van der Waals surface area contributed by atoms with Gasteiger partial charge in [0.2, 0.25) is 10.0 Å². The Morgan fingerprint density at radius 2 is 1.68 bits per heavy atom. The summed E-state index contributed by atoms with van der Waals surface area (Å²) >= 11 is 0. The molecule has 1 aliphatic heterocycles. The van der Waals surface area contributed by atoms with Crippen molar-refractivity contribution < 1.29 is 35.6 Å². The first-order chi connectivity index (χ1) is 16.0. The zero-order valence-corrected chi connectivity index (χ0v) is 18.7. The van der Waals surface area contributed by atoms with E-state index >= 15 is 0 Å². The highest BCUT2D eigenvalue weighted by Crippen LogP contribution is 2.30. The number of carbonyl (C=O) groups excluding carboxylic acids is 2. The number of piperidine rings is 1. The molecule has 1 aliphatic rings. The van der Waals surface area contributed by atoms with Gasteiger partial charge in [0.1, 0.15) is 5.58 Å². The minimum atomic E-state index is -4.55. The van der Waals surface area contributed by atoms with E-state index in [4.69, 9.17) is 4.42 Å². The zero-order chi connectivity index (χ0) is 24.5. The first-order valence-corrected chi connectivity index (χ1v) is 12.0. The van der Waals surface area contributed by atoms with Crippen molar-refractivity contribution in [3.8, 4) is 0 Å². The van der Waals surface area contributed by atoms with Crippen LogP contribution in [-0.2, 0) is 21.0 Å². The summed E-state index contributed by atoms with van der Waals surface area (Å²) in [7, 11) is -3.98. The lowest BCUT2D eigenvalue weighted by atomic mass is 9.97. The Balaban J connectivity index is 1.30. The van der Waals surface area contributed by atoms with E-state index in [2.05, 4.69) is 4.72 Å². The molecule has 2 heterocycles. The maximum atomic E-state index is 12.7. The molecule has 1 saturated heterocycles. The smallest absolute Gasteiger partial charge is 0.416 e. The molecule has 34 heavy (non-hydrogen) atoms. The summed E-state index contributed by atoms with van der Waals surface area (Å²) in [6.45, 7) is 0.623. The Labute approximate surface area is 193 Å². The van der Waals surface area contributed by atoms with Crippen molar-refractivity contribution in [3.63, 3.8) is 0 Å². The van der Waals surface area contributed by atoms with Crippen molar-refractivity contribution in [3.05, 3.63) is 65.9 Å². The SMILES string of the molecule is O=C(C(=O)N1CCC(CNS(=O)(=O)c2ccc(C(F)(F)F)cc2)CC1)c1cc2ccccc2o1. The average Bonchev–Trinajstić information content (AvgIpc) is 3.26. The molecule has 7 nitrogen and oxygen atoms in total. The van der Waals surface area contributed by atoms with E-state index in [1.54, 1.807) is 24.3 Å². The van der Waals surface area contributed by atoms with E-state index in [1.165, 1.54) is 11.0 Å². The second-order valence-electron chi connectivity index (χ2n) is 8.09. The summed E-state index contributed by atoms with van der Waals surface area (Å²) in [5, 5.41) is 0.720. The summed E-state index contributed by atoms with van der Waals surface area (Å²) in [6.07, 6.45) is -3.61. The molecule has 1 amide bonds. The number of fused-ring (bicyclic) bond motifs is 1. The van der Waals surface area contributed by atoms with E-state index in [0.29, 0.717) is 18.4 Å². The molecule has 0 spiro atoms. The van der Waals surface area contributed by atoms with Gasteiger partial charge in [-0.3, -0.25) is 9.59 Å². The van der Waals surface area contributed by atoms with Gasteiger partial charge in [-0.25, -0.2) is 13.1 Å². The molecular weight excluding hydrogens is 473 g/mol. The molecule has 3 aromatic rings. The van der Waals surface area contributed by atoms with Crippen LogP contribution >= 0.6 is 0 Å². The Morgan fingerprint density at radius 3 is 2.29 bits per heavy atom. The number of amides is 1. The van der Waals surface area contributed by atoms with Crippen LogP contribution < -0.4 is 4.72 Å². The molecule has 0 bridgehead atoms. The van der Waals surface area contributed by atoms with Gasteiger partial charge in [-0.1, -0.05) is 18.2 Å². The topological polar surface area (TPSA) is 96.7 Å². The van der Waals surface area contributed by atoms with Crippen LogP contribution in [0.2, 0.25) is 0 Å². The van der Waals surface area contributed by atoms with Gasteiger partial charge in [0, 0.05) is 25.0 Å². The molecule has 0 atom stereocenters. The Bertz CT molecular complexity index is 1280. The number of rotatable bonds is 6. The molecule has 2 aromatic carbocycles. The van der Waals surface area contributed by atoms with Crippen LogP contribution in [0.1, 0.15) is 29.0 Å². The van der Waals surface area contributed by atoms with E-state index in [0.717, 1.165) is 29.7 Å². The highest BCUT2D eigenvalue weighted by atomic mass is 32.2. The van der Waals surface area contributed by atoms with Gasteiger partial charge >= 0.3 is 6.18 Å². The summed E-state index contributed by atoms with van der Waals surface area (Å²) < 4.78 is 70.7. The van der Waals surface area contributed by atoms with Crippen LogP contribution in [0, 0.1) is 5.92 Å². The molecule has 11 heteroatoms. The van der Waals surface area contributed by atoms with Crippen LogP contribution in [0.3, 0.4) is 0 Å². The number of nitrogens with one attached hydrogen (secondary N) is 1. The van der Waals surface area contributed by atoms with Crippen molar-refractivity contribution in [2.45, 2.75) is 23.9 Å². The zero-order valence-electron chi connectivity index (χ0n) is 17.8. The second kappa shape index (κ2) is 9.22. The predicted molar refractivity (Wildman–Crippen MR) is 116 cm³/mol. The number of Topliss-reactive ketones (excluding diaryl/α,β-unsaturated/α-hetero) is 1. The molecule has 180 valence electrons. The maximum Gasteiger partial charge on any atom is 0.416 e. The third kappa shape index (κ3) is 5.15. The maximum absolute atomic E-state index is 12.7. The number of benzene rings is 2. The predicted octanol–water partition coefficient (Wildman–Crippen LogP) is 3.85. The quantitative estimate of drug-likeness (QED) is 0.415. The number of likely N-dealkylation sites (tertiary alicyclic amines) is 1. The van der Waals surface area contributed by atoms with Gasteiger partial charge in [0.25, 0.3) is 11.7 Å². The number of furan rings is 1. The first kappa shape index (κ1) is 24.0. The molecule has 1 fully saturated rings. The lowest BCUT2D eigenvalue weighted by molar-refractivity contribution is -0.137. The number of nitrogens with zero attached hydrogens (tertiary/aromatic N) is 1. The van der Waals surface area contributed by atoms with Gasteiger partial charge < -0.3 is 9.32 Å². The number of hydrogen-bond acceptors (Lipinski definition) is 5. The van der Waals surface area contributed by atoms with Crippen LogP contribution in [0.25, 0.3) is 11.0 Å². The summed E-state index contributed by atoms with van der Waals surface area (Å²) in [5.41, 5.74) is -0.418. The average molecular weight is 494 g/mol. The number of para-hydroxylation sites is 1. The number of hydrogen-bond donors (Lipinski definition) is 1. The minimum absolute atomic E-state index is 0.0300. The van der Waals surface area contributed by atoms with Crippen molar-refractivity contribution in [2.75, 3.05) is 19.6 Å². The molecule has 0 aliphatic carbocycles. The largest absolute Gasteiger partial charge is 0.452 e. The first-order valence-electron chi connectivity index (χ1n) is 10.5. The number of carbonyl (C=O) groups is 2. The Hall–Kier alpha value is -3.18. The number of alkyl halides is 3. The van der Waals surface area contributed by atoms with Crippen LogP contribution in [0.4, 0.5) is 13.2 Å². The van der Waals surface area contributed by atoms with Crippen LogP contribution in [0.15, 0.2) is 63.9 Å². The van der Waals surface area contributed by atoms with E-state index in [9.17, 15) is 31.2 Å². The number of ketones is 1. The fourth-order valence-electron chi connectivity index (χ4n) is 3.82. The van der Waals surface area contributed by atoms with Gasteiger partial charge in [-0.05, 0) is 55.2 Å². The lowest BCUT2D eigenvalue weighted by Gasteiger charge is -2.31. The fourth-order valence-corrected chi connectivity index (χ4v) is 4.93. The molecule has 0 radical (unpaired) electrons. The number of halogens is 3. The molecule has 1 aromatic heterocycles. The Morgan fingerprint density at radius 1 is 1.03 bits per heavy atom. The highest BCUT2D eigenvalue weighted by Gasteiger charge is 2.32. The van der Waals surface area contributed by atoms with E-state index in [1.807, 2.05) is 0 Å². The summed E-state index contributed by atoms with van der Waals surface area (Å²) in [4.78, 5) is 26.3. The van der Waals surface area contributed by atoms with Crippen molar-refractivity contribution in [1.82, 2.24) is 9.62 Å². The van der Waals surface area contributed by atoms with E-state index < -0.39 is 33.5 Å². The van der Waals surface area contributed by atoms with Crippen molar-refractivity contribution in [2.24, 2.45) is 5.92 Å². The Kier molecular flexibility index (Phi) is 6.50. The van der Waals surface area contributed by atoms with Crippen LogP contribution in [-0.4, -0.2) is 44.6 Å². The normalized spacial score (nSPS) is 15.6. The molecule has 0 unspecified atom stereocenters. The monoisotopic (exact) mass is 494 g/mol. The highest BCUT2D eigenvalue weighted by molar-refractivity contribution is 7.89. The van der Waals surface area contributed by atoms with Gasteiger partial charge in [-0.15, -0.1) is 0 Å². The van der Waals surface area contributed by atoms with Crippen molar-refractivity contribution in [1.29, 1.82) is 0 Å². The summed E-state index contributed by atoms with van der Waals surface area (Å²) in [5.74, 6) is -1.53. The van der Waals surface area contributed by atoms with Crippen molar-refractivity contribution >= 4 is 32.7 Å². The van der Waals surface area contributed by atoms with Gasteiger partial charge in [0.15, 0.2) is 5.76 Å². The van der Waals surface area contributed by atoms with Gasteiger partial charge in [0.05, 0.1) is 10.5 Å². The molecule has 4 rings (SSSR count). The minimum Gasteiger partial charge on any atom is -0.452 e. The number of sulfonamides is 1.